The third kappa shape index (κ3) is 5.14. The van der Waals surface area contributed by atoms with Gasteiger partial charge >= 0.3 is 5.97 Å². The normalized spacial score (nSPS) is 10.3. The first-order chi connectivity index (χ1) is 13.5. The van der Waals surface area contributed by atoms with E-state index in [2.05, 4.69) is 5.32 Å². The third-order valence-electron chi connectivity index (χ3n) is 4.02. The molecule has 0 aliphatic heterocycles. The zero-order valence-corrected chi connectivity index (χ0v) is 16.1. The lowest BCUT2D eigenvalue weighted by atomic mass is 10.0. The molecule has 0 saturated carbocycles. The number of ether oxygens (including phenoxy) is 1. The van der Waals surface area contributed by atoms with E-state index in [0.29, 0.717) is 21.9 Å². The SMILES string of the molecule is CC(=O)c1ccc(C(=O)OCC(=O)Nc2ccccc2Cc2ccccc2)s1. The number of anilines is 1. The summed E-state index contributed by atoms with van der Waals surface area (Å²) >= 11 is 1.05. The molecule has 1 N–H and O–H groups in total. The Morgan fingerprint density at radius 2 is 1.57 bits per heavy atom. The lowest BCUT2D eigenvalue weighted by molar-refractivity contribution is -0.119. The van der Waals surface area contributed by atoms with Crippen LogP contribution in [-0.4, -0.2) is 24.3 Å². The summed E-state index contributed by atoms with van der Waals surface area (Å²) in [5, 5.41) is 2.79. The van der Waals surface area contributed by atoms with E-state index in [1.54, 1.807) is 6.07 Å². The number of para-hydroxylation sites is 1. The van der Waals surface area contributed by atoms with Crippen LogP contribution in [0.15, 0.2) is 66.7 Å². The van der Waals surface area contributed by atoms with Crippen molar-refractivity contribution in [3.05, 3.63) is 87.6 Å². The van der Waals surface area contributed by atoms with E-state index in [0.717, 1.165) is 22.5 Å². The maximum absolute atomic E-state index is 12.2. The molecule has 3 aromatic rings. The fraction of sp³-hybridized carbons (Fsp3) is 0.136. The van der Waals surface area contributed by atoms with Gasteiger partial charge in [0.05, 0.1) is 4.88 Å². The van der Waals surface area contributed by atoms with Crippen LogP contribution in [-0.2, 0) is 16.0 Å². The van der Waals surface area contributed by atoms with Crippen molar-refractivity contribution in [1.82, 2.24) is 0 Å². The fourth-order valence-corrected chi connectivity index (χ4v) is 3.43. The van der Waals surface area contributed by atoms with Gasteiger partial charge in [-0.3, -0.25) is 9.59 Å². The largest absolute Gasteiger partial charge is 0.451 e. The Labute approximate surface area is 167 Å². The number of carbonyl (C=O) groups is 3. The molecule has 1 amide bonds. The van der Waals surface area contributed by atoms with Gasteiger partial charge in [-0.05, 0) is 42.7 Å². The highest BCUT2D eigenvalue weighted by Crippen LogP contribution is 2.20. The Morgan fingerprint density at radius 1 is 0.893 bits per heavy atom. The topological polar surface area (TPSA) is 72.5 Å². The average Bonchev–Trinajstić information content (AvgIpc) is 3.19. The van der Waals surface area contributed by atoms with Gasteiger partial charge in [0.15, 0.2) is 12.4 Å². The van der Waals surface area contributed by atoms with Crippen LogP contribution in [0.1, 0.15) is 37.4 Å². The second kappa shape index (κ2) is 9.10. The highest BCUT2D eigenvalue weighted by Gasteiger charge is 2.15. The van der Waals surface area contributed by atoms with Gasteiger partial charge in [-0.2, -0.15) is 0 Å². The molecular formula is C22H19NO4S. The molecular weight excluding hydrogens is 374 g/mol. The summed E-state index contributed by atoms with van der Waals surface area (Å²) < 4.78 is 5.06. The van der Waals surface area contributed by atoms with Crippen LogP contribution in [0.2, 0.25) is 0 Å². The number of rotatable bonds is 7. The van der Waals surface area contributed by atoms with Crippen LogP contribution in [0.5, 0.6) is 0 Å². The Kier molecular flexibility index (Phi) is 6.34. The van der Waals surface area contributed by atoms with Gasteiger partial charge in [0.1, 0.15) is 4.88 Å². The Morgan fingerprint density at radius 3 is 2.29 bits per heavy atom. The first kappa shape index (κ1) is 19.5. The second-order valence-electron chi connectivity index (χ2n) is 6.16. The maximum atomic E-state index is 12.2. The van der Waals surface area contributed by atoms with E-state index in [1.165, 1.54) is 13.0 Å². The summed E-state index contributed by atoms with van der Waals surface area (Å²) in [6, 6.07) is 20.6. The standard InChI is InChI=1S/C22H19NO4S/c1-15(24)19-11-12-20(28-19)22(26)27-14-21(25)23-18-10-6-5-9-17(18)13-16-7-3-2-4-8-16/h2-12H,13-14H2,1H3,(H,23,25). The molecule has 0 atom stereocenters. The van der Waals surface area contributed by atoms with E-state index >= 15 is 0 Å². The number of nitrogens with one attached hydrogen (secondary N) is 1. The van der Waals surface area contributed by atoms with Crippen molar-refractivity contribution >= 4 is 34.7 Å². The van der Waals surface area contributed by atoms with Gasteiger partial charge in [-0.1, -0.05) is 48.5 Å². The van der Waals surface area contributed by atoms with E-state index in [9.17, 15) is 14.4 Å². The highest BCUT2D eigenvalue weighted by atomic mass is 32.1. The molecule has 5 nitrogen and oxygen atoms in total. The molecule has 0 aliphatic carbocycles. The maximum Gasteiger partial charge on any atom is 0.348 e. The lowest BCUT2D eigenvalue weighted by Gasteiger charge is -2.11. The zero-order chi connectivity index (χ0) is 19.9. The van der Waals surface area contributed by atoms with Crippen molar-refractivity contribution in [2.45, 2.75) is 13.3 Å². The summed E-state index contributed by atoms with van der Waals surface area (Å²) in [5.41, 5.74) is 2.79. The molecule has 0 aliphatic rings. The van der Waals surface area contributed by atoms with Gasteiger partial charge in [-0.25, -0.2) is 4.79 Å². The molecule has 0 bridgehead atoms. The van der Waals surface area contributed by atoms with Crippen molar-refractivity contribution in [2.24, 2.45) is 0 Å². The Bertz CT molecular complexity index is 995. The molecule has 2 aromatic carbocycles. The molecule has 142 valence electrons. The van der Waals surface area contributed by atoms with Crippen LogP contribution in [0.3, 0.4) is 0 Å². The van der Waals surface area contributed by atoms with E-state index in [-0.39, 0.29) is 5.78 Å². The van der Waals surface area contributed by atoms with Crippen molar-refractivity contribution in [3.63, 3.8) is 0 Å². The summed E-state index contributed by atoms with van der Waals surface area (Å²) in [6.45, 7) is 1.03. The monoisotopic (exact) mass is 393 g/mol. The average molecular weight is 393 g/mol. The van der Waals surface area contributed by atoms with Crippen molar-refractivity contribution < 1.29 is 19.1 Å². The van der Waals surface area contributed by atoms with Gasteiger partial charge in [-0.15, -0.1) is 11.3 Å². The van der Waals surface area contributed by atoms with Gasteiger partial charge in [0.25, 0.3) is 5.91 Å². The van der Waals surface area contributed by atoms with Crippen molar-refractivity contribution in [2.75, 3.05) is 11.9 Å². The minimum absolute atomic E-state index is 0.114. The molecule has 1 heterocycles. The molecule has 0 spiro atoms. The van der Waals surface area contributed by atoms with E-state index in [4.69, 9.17) is 4.74 Å². The zero-order valence-electron chi connectivity index (χ0n) is 15.3. The molecule has 0 unspecified atom stereocenters. The fourth-order valence-electron chi connectivity index (χ4n) is 2.64. The Balaban J connectivity index is 1.59. The number of ketones is 1. The molecule has 6 heteroatoms. The van der Waals surface area contributed by atoms with E-state index < -0.39 is 18.5 Å². The first-order valence-corrected chi connectivity index (χ1v) is 9.54. The molecule has 0 radical (unpaired) electrons. The molecule has 3 rings (SSSR count). The molecule has 28 heavy (non-hydrogen) atoms. The number of Topliss-reactive ketones (excluding diaryl/α,β-unsaturated/α-hetero) is 1. The van der Waals surface area contributed by atoms with Crippen LogP contribution in [0.4, 0.5) is 5.69 Å². The second-order valence-corrected chi connectivity index (χ2v) is 7.25. The van der Waals surface area contributed by atoms with Crippen LogP contribution < -0.4 is 5.32 Å². The van der Waals surface area contributed by atoms with Crippen molar-refractivity contribution in [1.29, 1.82) is 0 Å². The van der Waals surface area contributed by atoms with Gasteiger partial charge in [0.2, 0.25) is 0 Å². The van der Waals surface area contributed by atoms with Crippen LogP contribution in [0, 0.1) is 0 Å². The predicted octanol–water partition coefficient (Wildman–Crippen LogP) is 4.34. The summed E-state index contributed by atoms with van der Waals surface area (Å²) in [5.74, 6) is -1.15. The van der Waals surface area contributed by atoms with Crippen molar-refractivity contribution in [3.8, 4) is 0 Å². The number of carbonyl (C=O) groups excluding carboxylic acids is 3. The minimum Gasteiger partial charge on any atom is -0.451 e. The molecule has 0 fully saturated rings. The van der Waals surface area contributed by atoms with Gasteiger partial charge in [0, 0.05) is 5.69 Å². The van der Waals surface area contributed by atoms with Gasteiger partial charge < -0.3 is 10.1 Å². The number of hydrogen-bond donors (Lipinski definition) is 1. The number of benzene rings is 2. The number of amides is 1. The molecule has 1 aromatic heterocycles. The number of hydrogen-bond acceptors (Lipinski definition) is 5. The quantitative estimate of drug-likeness (QED) is 0.479. The number of thiophene rings is 1. The molecule has 0 saturated heterocycles. The minimum atomic E-state index is -0.620. The third-order valence-corrected chi connectivity index (χ3v) is 5.18. The predicted molar refractivity (Wildman–Crippen MR) is 109 cm³/mol. The first-order valence-electron chi connectivity index (χ1n) is 8.72. The number of esters is 1. The summed E-state index contributed by atoms with van der Waals surface area (Å²) in [7, 11) is 0. The lowest BCUT2D eigenvalue weighted by Crippen LogP contribution is -2.21. The summed E-state index contributed by atoms with van der Waals surface area (Å²) in [4.78, 5) is 36.3. The summed E-state index contributed by atoms with van der Waals surface area (Å²) in [6.07, 6.45) is 0.681. The van der Waals surface area contributed by atoms with Crippen LogP contribution in [0.25, 0.3) is 0 Å². The van der Waals surface area contributed by atoms with E-state index in [1.807, 2.05) is 54.6 Å². The Hall–Kier alpha value is -3.25. The highest BCUT2D eigenvalue weighted by molar-refractivity contribution is 7.15. The smallest absolute Gasteiger partial charge is 0.348 e. The van der Waals surface area contributed by atoms with Crippen LogP contribution >= 0.6 is 11.3 Å².